The smallest absolute Gasteiger partial charge is 0.272 e. The van der Waals surface area contributed by atoms with E-state index in [0.29, 0.717) is 5.69 Å². The topological polar surface area (TPSA) is 73.7 Å². The number of aromatic nitrogens is 1. The second-order valence-electron chi connectivity index (χ2n) is 5.47. The number of hydrogen-bond acceptors (Lipinski definition) is 4. The van der Waals surface area contributed by atoms with Gasteiger partial charge in [0.2, 0.25) is 0 Å². The second kappa shape index (κ2) is 9.44. The van der Waals surface area contributed by atoms with Gasteiger partial charge in [-0.05, 0) is 24.5 Å². The molecule has 5 nitrogen and oxygen atoms in total. The lowest BCUT2D eigenvalue weighted by atomic mass is 10.2. The van der Waals surface area contributed by atoms with Crippen LogP contribution in [0.5, 0.6) is 0 Å². The van der Waals surface area contributed by atoms with Gasteiger partial charge in [0.25, 0.3) is 5.91 Å². The summed E-state index contributed by atoms with van der Waals surface area (Å²) in [5, 5.41) is 17.9. The fourth-order valence-electron chi connectivity index (χ4n) is 1.25. The largest absolute Gasteiger partial charge is 0.394 e. The zero-order valence-electron chi connectivity index (χ0n) is 13.0. The van der Waals surface area contributed by atoms with Crippen LogP contribution in [-0.2, 0) is 0 Å². The van der Waals surface area contributed by atoms with Crippen LogP contribution >= 0.6 is 0 Å². The molecule has 1 aromatic rings. The second-order valence-corrected chi connectivity index (χ2v) is 5.47. The van der Waals surface area contributed by atoms with E-state index >= 15 is 0 Å². The molecule has 1 unspecified atom stereocenters. The minimum Gasteiger partial charge on any atom is -0.394 e. The lowest BCUT2D eigenvalue weighted by molar-refractivity contribution is 0.0516. The zero-order chi connectivity index (χ0) is 15.7. The van der Waals surface area contributed by atoms with Gasteiger partial charge in [0.1, 0.15) is 5.69 Å². The van der Waals surface area contributed by atoms with Gasteiger partial charge in [0.15, 0.2) is 0 Å². The maximum absolute atomic E-state index is 11.8. The molecule has 0 fully saturated rings. The van der Waals surface area contributed by atoms with Crippen molar-refractivity contribution in [2.45, 2.75) is 33.8 Å². The number of carbonyl (C=O) groups excluding carboxylic acids is 1. The van der Waals surface area contributed by atoms with E-state index in [0.717, 1.165) is 11.5 Å². The van der Waals surface area contributed by atoms with Crippen LogP contribution < -0.4 is 0 Å². The predicted molar refractivity (Wildman–Crippen MR) is 79.5 cm³/mol. The molecule has 1 amide bonds. The van der Waals surface area contributed by atoms with Gasteiger partial charge >= 0.3 is 0 Å². The third-order valence-electron chi connectivity index (χ3n) is 2.17. The first-order chi connectivity index (χ1) is 9.27. The summed E-state index contributed by atoms with van der Waals surface area (Å²) < 4.78 is 0. The maximum atomic E-state index is 11.8. The summed E-state index contributed by atoms with van der Waals surface area (Å²) in [5.41, 5.74) is 1.31. The van der Waals surface area contributed by atoms with Crippen LogP contribution in [0.3, 0.4) is 0 Å². The Morgan fingerprint density at radius 3 is 2.30 bits per heavy atom. The molecule has 0 bridgehead atoms. The predicted octanol–water partition coefficient (Wildman–Crippen LogP) is 1.48. The Morgan fingerprint density at radius 1 is 1.35 bits per heavy atom. The summed E-state index contributed by atoms with van der Waals surface area (Å²) in [6, 6.07) is 3.44. The van der Waals surface area contributed by atoms with Crippen LogP contribution in [-0.4, -0.2) is 52.3 Å². The lowest BCUT2D eigenvalue weighted by Crippen LogP contribution is -2.36. The van der Waals surface area contributed by atoms with Crippen molar-refractivity contribution in [1.82, 2.24) is 9.88 Å². The molecule has 1 atom stereocenters. The molecule has 0 aliphatic rings. The molecule has 5 heteroatoms. The third kappa shape index (κ3) is 7.86. The molecule has 0 saturated heterocycles. The molecule has 0 radical (unpaired) electrons. The summed E-state index contributed by atoms with van der Waals surface area (Å²) in [7, 11) is 1.56. The van der Waals surface area contributed by atoms with Crippen molar-refractivity contribution in [1.29, 1.82) is 0 Å². The molecule has 2 N–H and O–H groups in total. The van der Waals surface area contributed by atoms with Crippen molar-refractivity contribution in [3.63, 3.8) is 0 Å². The minimum absolute atomic E-state index is 0.0882. The summed E-state index contributed by atoms with van der Waals surface area (Å²) >= 11 is 0. The highest BCUT2D eigenvalue weighted by Gasteiger charge is 2.15. The van der Waals surface area contributed by atoms with Gasteiger partial charge in [0.05, 0.1) is 12.7 Å². The number of pyridine rings is 1. The molecule has 0 aromatic carbocycles. The van der Waals surface area contributed by atoms with Crippen molar-refractivity contribution in [2.24, 2.45) is 5.92 Å². The molecule has 20 heavy (non-hydrogen) atoms. The van der Waals surface area contributed by atoms with Gasteiger partial charge in [-0.15, -0.1) is 0 Å². The molecule has 114 valence electrons. The molecule has 0 aliphatic heterocycles. The van der Waals surface area contributed by atoms with E-state index in [1.54, 1.807) is 25.4 Å². The number of nitrogens with zero attached hydrogens (tertiary/aromatic N) is 2. The number of rotatable bonds is 4. The Balaban J connectivity index is 0.000000796. The summed E-state index contributed by atoms with van der Waals surface area (Å²) in [5.74, 6) is 0.563. The van der Waals surface area contributed by atoms with Crippen LogP contribution in [0.25, 0.3) is 0 Å². The summed E-state index contributed by atoms with van der Waals surface area (Å²) in [6.45, 7) is 8.12. The summed E-state index contributed by atoms with van der Waals surface area (Å²) in [4.78, 5) is 17.1. The van der Waals surface area contributed by atoms with E-state index in [-0.39, 0.29) is 19.1 Å². The van der Waals surface area contributed by atoms with E-state index in [2.05, 4.69) is 25.8 Å². The standard InChI is InChI=1S/C11H16N2O3.C4H10/c1-8-3-4-10(12-5-8)11(16)13(2)6-9(15)7-14;1-4(2)3/h3-5,9,14-15H,6-7H2,1-2H3;4H,1-3H3. The van der Waals surface area contributed by atoms with Crippen molar-refractivity contribution < 1.29 is 15.0 Å². The molecule has 0 saturated carbocycles. The van der Waals surface area contributed by atoms with E-state index in [9.17, 15) is 9.90 Å². The number of likely N-dealkylation sites (N-methyl/N-ethyl adjacent to an activating group) is 1. The number of hydrogen-bond donors (Lipinski definition) is 2. The fourth-order valence-corrected chi connectivity index (χ4v) is 1.25. The van der Waals surface area contributed by atoms with E-state index in [1.807, 2.05) is 6.92 Å². The van der Waals surface area contributed by atoms with E-state index < -0.39 is 6.10 Å². The highest BCUT2D eigenvalue weighted by molar-refractivity contribution is 5.92. The molecule has 1 heterocycles. The number of aryl methyl sites for hydroxylation is 1. The molecular weight excluding hydrogens is 256 g/mol. The number of aliphatic hydroxyl groups is 2. The molecular formula is C15H26N2O3. The van der Waals surface area contributed by atoms with Gasteiger partial charge in [-0.2, -0.15) is 0 Å². The van der Waals surface area contributed by atoms with Crippen LogP contribution in [0.4, 0.5) is 0 Å². The quantitative estimate of drug-likeness (QED) is 0.877. The molecule has 1 rings (SSSR count). The summed E-state index contributed by atoms with van der Waals surface area (Å²) in [6.07, 6.45) is 0.697. The maximum Gasteiger partial charge on any atom is 0.272 e. The first kappa shape index (κ1) is 18.5. The SMILES string of the molecule is CC(C)C.Cc1ccc(C(=O)N(C)CC(O)CO)nc1. The zero-order valence-corrected chi connectivity index (χ0v) is 13.0. The van der Waals surface area contributed by atoms with Crippen LogP contribution in [0.1, 0.15) is 36.8 Å². The van der Waals surface area contributed by atoms with Gasteiger partial charge in [0, 0.05) is 19.8 Å². The van der Waals surface area contributed by atoms with Crippen LogP contribution in [0, 0.1) is 12.8 Å². The average molecular weight is 282 g/mol. The van der Waals surface area contributed by atoms with Gasteiger partial charge in [-0.25, -0.2) is 0 Å². The molecule has 0 aliphatic carbocycles. The highest BCUT2D eigenvalue weighted by atomic mass is 16.3. The normalized spacial score (nSPS) is 11.6. The van der Waals surface area contributed by atoms with Gasteiger partial charge in [-0.3, -0.25) is 9.78 Å². The van der Waals surface area contributed by atoms with Gasteiger partial charge < -0.3 is 15.1 Å². The third-order valence-corrected chi connectivity index (χ3v) is 2.17. The Kier molecular flexibility index (Phi) is 8.76. The number of amides is 1. The fraction of sp³-hybridized carbons (Fsp3) is 0.600. The van der Waals surface area contributed by atoms with Crippen molar-refractivity contribution >= 4 is 5.91 Å². The lowest BCUT2D eigenvalue weighted by Gasteiger charge is -2.19. The van der Waals surface area contributed by atoms with Crippen LogP contribution in [0.15, 0.2) is 18.3 Å². The Labute approximate surface area is 121 Å². The average Bonchev–Trinajstić information content (AvgIpc) is 2.37. The Bertz CT molecular complexity index is 388. The molecule has 1 aromatic heterocycles. The number of carbonyl (C=O) groups is 1. The highest BCUT2D eigenvalue weighted by Crippen LogP contribution is 2.02. The van der Waals surface area contributed by atoms with Crippen molar-refractivity contribution in [3.8, 4) is 0 Å². The first-order valence-corrected chi connectivity index (χ1v) is 6.75. The van der Waals surface area contributed by atoms with Crippen molar-refractivity contribution in [3.05, 3.63) is 29.6 Å². The van der Waals surface area contributed by atoms with Gasteiger partial charge in [-0.1, -0.05) is 26.8 Å². The van der Waals surface area contributed by atoms with Crippen LogP contribution in [0.2, 0.25) is 0 Å². The first-order valence-electron chi connectivity index (χ1n) is 6.75. The van der Waals surface area contributed by atoms with Crippen molar-refractivity contribution in [2.75, 3.05) is 20.2 Å². The Morgan fingerprint density at radius 2 is 1.90 bits per heavy atom. The Hall–Kier alpha value is -1.46. The minimum atomic E-state index is -0.917. The van der Waals surface area contributed by atoms with E-state index in [4.69, 9.17) is 5.11 Å². The van der Waals surface area contributed by atoms with E-state index in [1.165, 1.54) is 4.90 Å². The molecule has 0 spiro atoms. The monoisotopic (exact) mass is 282 g/mol. The number of aliphatic hydroxyl groups excluding tert-OH is 2.